The number of Topliss-reactive ketones (excluding diaryl/α,β-unsaturated/α-hetero) is 1. The summed E-state index contributed by atoms with van der Waals surface area (Å²) in [6.45, 7) is 1.29. The van der Waals surface area contributed by atoms with Crippen molar-refractivity contribution in [1.82, 2.24) is 5.01 Å². The quantitative estimate of drug-likeness (QED) is 0.320. The van der Waals surface area contributed by atoms with Gasteiger partial charge in [0.15, 0.2) is 5.78 Å². The van der Waals surface area contributed by atoms with Crippen molar-refractivity contribution in [2.24, 2.45) is 16.9 Å². The lowest BCUT2D eigenvalue weighted by atomic mass is 9.86. The number of carbonyl (C=O) groups excluding carboxylic acids is 4. The van der Waals surface area contributed by atoms with E-state index in [-0.39, 0.29) is 11.7 Å². The first-order valence-electron chi connectivity index (χ1n) is 10.2. The Labute approximate surface area is 183 Å². The van der Waals surface area contributed by atoms with E-state index in [1.165, 1.54) is 19.1 Å². The lowest BCUT2D eigenvalue weighted by molar-refractivity contribution is -0.132. The summed E-state index contributed by atoms with van der Waals surface area (Å²) in [7, 11) is 0. The van der Waals surface area contributed by atoms with Crippen LogP contribution in [0.4, 0.5) is 5.69 Å². The van der Waals surface area contributed by atoms with Gasteiger partial charge in [0.25, 0.3) is 0 Å². The highest BCUT2D eigenvalue weighted by molar-refractivity contribution is 6.24. The van der Waals surface area contributed by atoms with Gasteiger partial charge in [0.2, 0.25) is 11.8 Å². The average molecular weight is 429 g/mol. The van der Waals surface area contributed by atoms with Gasteiger partial charge in [0, 0.05) is 18.7 Å². The maximum atomic E-state index is 13.5. The number of hydrazone groups is 1. The Hall–Kier alpha value is -4.07. The predicted octanol–water partition coefficient (Wildman–Crippen LogP) is 2.21. The second-order valence-electron chi connectivity index (χ2n) is 7.85. The van der Waals surface area contributed by atoms with Gasteiger partial charge in [-0.05, 0) is 30.3 Å². The Morgan fingerprint density at radius 3 is 2.31 bits per heavy atom. The molecule has 160 valence electrons. The second-order valence-corrected chi connectivity index (χ2v) is 7.85. The first kappa shape index (κ1) is 19.9. The van der Waals surface area contributed by atoms with Gasteiger partial charge in [-0.1, -0.05) is 36.4 Å². The van der Waals surface area contributed by atoms with Gasteiger partial charge >= 0.3 is 5.97 Å². The number of hydrogen-bond acceptors (Lipinski definition) is 7. The van der Waals surface area contributed by atoms with Crippen LogP contribution in [0.25, 0.3) is 0 Å². The fourth-order valence-corrected chi connectivity index (χ4v) is 4.69. The van der Waals surface area contributed by atoms with Crippen molar-refractivity contribution in [3.63, 3.8) is 0 Å². The maximum Gasteiger partial charge on any atom is 0.308 e. The van der Waals surface area contributed by atoms with Crippen LogP contribution in [0.15, 0.2) is 71.9 Å². The molecule has 4 unspecified atom stereocenters. The third-order valence-corrected chi connectivity index (χ3v) is 5.97. The third-order valence-electron chi connectivity index (χ3n) is 5.97. The molecule has 2 amide bonds. The molecule has 0 N–H and O–H groups in total. The molecular weight excluding hydrogens is 410 g/mol. The highest BCUT2D eigenvalue weighted by atomic mass is 16.5. The van der Waals surface area contributed by atoms with E-state index < -0.39 is 35.8 Å². The molecule has 0 aliphatic carbocycles. The molecule has 2 fully saturated rings. The number of allylic oxidation sites excluding steroid dienone is 1. The van der Waals surface area contributed by atoms with Crippen LogP contribution in [0.3, 0.4) is 0 Å². The second kappa shape index (κ2) is 7.56. The normalized spacial score (nSPS) is 25.7. The van der Waals surface area contributed by atoms with Gasteiger partial charge < -0.3 is 4.74 Å². The van der Waals surface area contributed by atoms with Crippen molar-refractivity contribution < 1.29 is 23.9 Å². The maximum absolute atomic E-state index is 13.5. The molecule has 2 aromatic rings. The monoisotopic (exact) mass is 429 g/mol. The number of benzene rings is 2. The molecule has 2 saturated heterocycles. The van der Waals surface area contributed by atoms with E-state index >= 15 is 0 Å². The Morgan fingerprint density at radius 1 is 0.938 bits per heavy atom. The molecule has 0 bridgehead atoms. The average Bonchev–Trinajstić information content (AvgIpc) is 3.27. The number of ketones is 1. The molecule has 3 aliphatic rings. The highest BCUT2D eigenvalue weighted by Gasteiger charge is 2.64. The van der Waals surface area contributed by atoms with Crippen LogP contribution in [-0.2, 0) is 14.4 Å². The molecule has 0 saturated carbocycles. The summed E-state index contributed by atoms with van der Waals surface area (Å²) in [4.78, 5) is 52.6. The van der Waals surface area contributed by atoms with Crippen molar-refractivity contribution in [2.75, 3.05) is 4.90 Å². The number of hydrogen-bond donors (Lipinski definition) is 0. The number of imide groups is 1. The molecule has 2 aromatic carbocycles. The zero-order chi connectivity index (χ0) is 22.4. The zero-order valence-corrected chi connectivity index (χ0v) is 17.1. The standard InChI is InChI=1S/C24H19N3O5/c1-14(28)32-17-11-9-16(10-12-17)26-23(30)19-18-8-5-13-25-27(18)21(20(19)24(26)31)22(29)15-6-3-2-4-7-15/h2-13,18-21H,1H3. The molecule has 32 heavy (non-hydrogen) atoms. The van der Waals surface area contributed by atoms with Crippen molar-refractivity contribution in [1.29, 1.82) is 0 Å². The van der Waals surface area contributed by atoms with Gasteiger partial charge in [-0.2, -0.15) is 5.10 Å². The third kappa shape index (κ3) is 3.03. The predicted molar refractivity (Wildman–Crippen MR) is 115 cm³/mol. The van der Waals surface area contributed by atoms with Gasteiger partial charge in [-0.15, -0.1) is 0 Å². The summed E-state index contributed by atoms with van der Waals surface area (Å²) in [6, 6.07) is 13.5. The molecule has 5 rings (SSSR count). The number of ether oxygens (including phenoxy) is 1. The number of amides is 2. The fourth-order valence-electron chi connectivity index (χ4n) is 4.69. The summed E-state index contributed by atoms with van der Waals surface area (Å²) in [5.74, 6) is -2.78. The van der Waals surface area contributed by atoms with Crippen LogP contribution in [0.2, 0.25) is 0 Å². The van der Waals surface area contributed by atoms with Crippen LogP contribution in [0, 0.1) is 11.8 Å². The first-order valence-corrected chi connectivity index (χ1v) is 10.2. The summed E-state index contributed by atoms with van der Waals surface area (Å²) >= 11 is 0. The number of nitrogens with zero attached hydrogens (tertiary/aromatic N) is 3. The van der Waals surface area contributed by atoms with Crippen LogP contribution in [0.5, 0.6) is 5.75 Å². The molecule has 0 radical (unpaired) electrons. The summed E-state index contributed by atoms with van der Waals surface area (Å²) in [5.41, 5.74) is 0.831. The molecule has 0 aromatic heterocycles. The number of rotatable bonds is 4. The minimum absolute atomic E-state index is 0.247. The number of carbonyl (C=O) groups is 4. The van der Waals surface area contributed by atoms with Crippen molar-refractivity contribution >= 4 is 35.5 Å². The molecule has 8 nitrogen and oxygen atoms in total. The SMILES string of the molecule is CC(=O)Oc1ccc(N2C(=O)C3C(C2=O)C(C(=O)c2ccccc2)N2N=CC=CC32)cc1. The largest absolute Gasteiger partial charge is 0.427 e. The Bertz CT molecular complexity index is 1170. The summed E-state index contributed by atoms with van der Waals surface area (Å²) < 4.78 is 5.02. The van der Waals surface area contributed by atoms with Gasteiger partial charge in [0.1, 0.15) is 11.8 Å². The summed E-state index contributed by atoms with van der Waals surface area (Å²) in [6.07, 6.45) is 5.09. The van der Waals surface area contributed by atoms with E-state index in [1.807, 2.05) is 6.07 Å². The van der Waals surface area contributed by atoms with E-state index in [0.29, 0.717) is 17.0 Å². The minimum atomic E-state index is -0.879. The van der Waals surface area contributed by atoms with Crippen LogP contribution < -0.4 is 9.64 Å². The van der Waals surface area contributed by atoms with E-state index in [2.05, 4.69) is 5.10 Å². The minimum Gasteiger partial charge on any atom is -0.427 e. The Balaban J connectivity index is 1.52. The van der Waals surface area contributed by atoms with Crippen LogP contribution in [-0.4, -0.2) is 46.9 Å². The van der Waals surface area contributed by atoms with E-state index in [9.17, 15) is 19.2 Å². The number of esters is 1. The first-order chi connectivity index (χ1) is 15.5. The zero-order valence-electron chi connectivity index (χ0n) is 17.1. The molecule has 4 atom stereocenters. The van der Waals surface area contributed by atoms with Crippen LogP contribution in [0.1, 0.15) is 17.3 Å². The van der Waals surface area contributed by atoms with E-state index in [1.54, 1.807) is 59.8 Å². The van der Waals surface area contributed by atoms with Gasteiger partial charge in [-0.25, -0.2) is 4.90 Å². The number of anilines is 1. The lowest BCUT2D eigenvalue weighted by Gasteiger charge is -2.30. The summed E-state index contributed by atoms with van der Waals surface area (Å²) in [5, 5.41) is 5.92. The van der Waals surface area contributed by atoms with Crippen molar-refractivity contribution in [3.05, 3.63) is 72.3 Å². The molecule has 0 spiro atoms. The Kier molecular flexibility index (Phi) is 4.70. The van der Waals surface area contributed by atoms with Crippen molar-refractivity contribution in [2.45, 2.75) is 19.0 Å². The van der Waals surface area contributed by atoms with Crippen molar-refractivity contribution in [3.8, 4) is 5.75 Å². The molecular formula is C24H19N3O5. The van der Waals surface area contributed by atoms with E-state index in [4.69, 9.17) is 4.74 Å². The fraction of sp³-hybridized carbons (Fsp3) is 0.208. The van der Waals surface area contributed by atoms with E-state index in [0.717, 1.165) is 4.90 Å². The lowest BCUT2D eigenvalue weighted by Crippen LogP contribution is -2.46. The Morgan fingerprint density at radius 2 is 1.62 bits per heavy atom. The van der Waals surface area contributed by atoms with Gasteiger partial charge in [0.05, 0.1) is 23.6 Å². The molecule has 3 aliphatic heterocycles. The highest BCUT2D eigenvalue weighted by Crippen LogP contribution is 2.46. The number of fused-ring (bicyclic) bond motifs is 3. The topological polar surface area (TPSA) is 96.3 Å². The molecule has 3 heterocycles. The van der Waals surface area contributed by atoms with Gasteiger partial charge in [-0.3, -0.25) is 24.2 Å². The van der Waals surface area contributed by atoms with Crippen LogP contribution >= 0.6 is 0 Å². The molecule has 8 heteroatoms. The smallest absolute Gasteiger partial charge is 0.308 e.